The number of amides is 1. The number of hydrogen-bond acceptors (Lipinski definition) is 2. The minimum atomic E-state index is -0.604. The lowest BCUT2D eigenvalue weighted by Crippen LogP contribution is -2.16. The summed E-state index contributed by atoms with van der Waals surface area (Å²) in [7, 11) is 1.66. The molecule has 0 radical (unpaired) electrons. The number of halogens is 1. The highest BCUT2D eigenvalue weighted by Crippen LogP contribution is 2.31. The fourth-order valence-corrected chi connectivity index (χ4v) is 2.81. The van der Waals surface area contributed by atoms with Crippen LogP contribution in [-0.2, 0) is 7.05 Å². The number of aryl methyl sites for hydroxylation is 1. The Kier molecular flexibility index (Phi) is 6.51. The summed E-state index contributed by atoms with van der Waals surface area (Å²) >= 11 is 0. The maximum absolute atomic E-state index is 13.9. The summed E-state index contributed by atoms with van der Waals surface area (Å²) in [6, 6.07) is 15.6. The smallest absolute Gasteiger partial charge is 0.266 e. The van der Waals surface area contributed by atoms with Gasteiger partial charge in [0.15, 0.2) is 0 Å². The first kappa shape index (κ1) is 19.9. The lowest BCUT2D eigenvalue weighted by Gasteiger charge is -2.07. The summed E-state index contributed by atoms with van der Waals surface area (Å²) in [5, 5.41) is 9.30. The van der Waals surface area contributed by atoms with Crippen molar-refractivity contribution in [3.63, 3.8) is 0 Å². The van der Waals surface area contributed by atoms with Gasteiger partial charge in [-0.25, -0.2) is 4.39 Å². The van der Waals surface area contributed by atoms with Crippen LogP contribution in [0.4, 0.5) is 4.39 Å². The van der Waals surface area contributed by atoms with Gasteiger partial charge < -0.3 is 10.3 Å². The normalized spacial score (nSPS) is 9.89. The summed E-state index contributed by atoms with van der Waals surface area (Å²) in [5.74, 6) is -0.910. The highest BCUT2D eigenvalue weighted by molar-refractivity contribution is 6.00. The van der Waals surface area contributed by atoms with Crippen LogP contribution >= 0.6 is 0 Å². The second kappa shape index (κ2) is 8.81. The Balaban J connectivity index is 0.000000817. The zero-order chi connectivity index (χ0) is 20.0. The van der Waals surface area contributed by atoms with Gasteiger partial charge in [-0.05, 0) is 17.2 Å². The standard InChI is InChI=1S/C19H14FN3O.C3H8/c1-23-11-14(10-21)17(18(23)19(22)24)13-8-6-12(7-9-13)15-4-2-3-5-16(15)20;1-3-2/h2-9,11H,1H3,(H2,22,24);3H2,1-2H3. The fourth-order valence-electron chi connectivity index (χ4n) is 2.81. The quantitative estimate of drug-likeness (QED) is 0.720. The van der Waals surface area contributed by atoms with Crippen molar-refractivity contribution >= 4 is 5.91 Å². The molecule has 1 aromatic heterocycles. The zero-order valence-corrected chi connectivity index (χ0v) is 15.7. The second-order valence-electron chi connectivity index (χ2n) is 6.12. The molecule has 0 aliphatic heterocycles. The monoisotopic (exact) mass is 363 g/mol. The van der Waals surface area contributed by atoms with Crippen LogP contribution in [0, 0.1) is 17.1 Å². The molecule has 0 saturated carbocycles. The molecule has 27 heavy (non-hydrogen) atoms. The van der Waals surface area contributed by atoms with Crippen molar-refractivity contribution in [2.24, 2.45) is 12.8 Å². The average Bonchev–Trinajstić information content (AvgIpc) is 2.99. The summed E-state index contributed by atoms with van der Waals surface area (Å²) in [4.78, 5) is 11.7. The first-order chi connectivity index (χ1) is 12.9. The van der Waals surface area contributed by atoms with Crippen molar-refractivity contribution < 1.29 is 9.18 Å². The third kappa shape index (κ3) is 4.24. The van der Waals surface area contributed by atoms with E-state index in [-0.39, 0.29) is 11.5 Å². The second-order valence-corrected chi connectivity index (χ2v) is 6.12. The van der Waals surface area contributed by atoms with Crippen molar-refractivity contribution in [1.82, 2.24) is 4.57 Å². The Morgan fingerprint density at radius 1 is 1.11 bits per heavy atom. The number of carbonyl (C=O) groups is 1. The van der Waals surface area contributed by atoms with Crippen LogP contribution in [0.1, 0.15) is 36.3 Å². The van der Waals surface area contributed by atoms with Crippen LogP contribution in [0.3, 0.4) is 0 Å². The van der Waals surface area contributed by atoms with Crippen LogP contribution in [0.2, 0.25) is 0 Å². The van der Waals surface area contributed by atoms with Gasteiger partial charge in [0, 0.05) is 24.4 Å². The molecule has 1 heterocycles. The molecule has 138 valence electrons. The number of carbonyl (C=O) groups excluding carboxylic acids is 1. The number of nitrogens with zero attached hydrogens (tertiary/aromatic N) is 2. The van der Waals surface area contributed by atoms with Gasteiger partial charge in [0.05, 0.1) is 5.56 Å². The molecule has 0 atom stereocenters. The molecule has 2 aromatic carbocycles. The van der Waals surface area contributed by atoms with Gasteiger partial charge in [-0.15, -0.1) is 0 Å². The minimum Gasteiger partial charge on any atom is -0.364 e. The maximum atomic E-state index is 13.9. The van der Waals surface area contributed by atoms with E-state index in [1.54, 1.807) is 60.3 Å². The Morgan fingerprint density at radius 3 is 2.19 bits per heavy atom. The fraction of sp³-hybridized carbons (Fsp3) is 0.182. The first-order valence-corrected chi connectivity index (χ1v) is 8.69. The highest BCUT2D eigenvalue weighted by Gasteiger charge is 2.20. The Morgan fingerprint density at radius 2 is 1.67 bits per heavy atom. The van der Waals surface area contributed by atoms with Crippen molar-refractivity contribution in [2.75, 3.05) is 0 Å². The van der Waals surface area contributed by atoms with Crippen LogP contribution < -0.4 is 5.73 Å². The summed E-state index contributed by atoms with van der Waals surface area (Å²) < 4.78 is 15.4. The number of nitrogens with two attached hydrogens (primary N) is 1. The van der Waals surface area contributed by atoms with E-state index >= 15 is 0 Å². The van der Waals surface area contributed by atoms with Gasteiger partial charge in [-0.3, -0.25) is 4.79 Å². The van der Waals surface area contributed by atoms with Gasteiger partial charge in [0.25, 0.3) is 5.91 Å². The van der Waals surface area contributed by atoms with Crippen LogP contribution in [-0.4, -0.2) is 10.5 Å². The zero-order valence-electron chi connectivity index (χ0n) is 15.7. The van der Waals surface area contributed by atoms with Gasteiger partial charge in [-0.2, -0.15) is 5.26 Å². The SMILES string of the molecule is CCC.Cn1cc(C#N)c(-c2ccc(-c3ccccc3F)cc2)c1C(N)=O. The molecular formula is C22H22FN3O. The molecule has 4 nitrogen and oxygen atoms in total. The molecule has 0 bridgehead atoms. The molecule has 3 aromatic rings. The van der Waals surface area contributed by atoms with Gasteiger partial charge in [0.1, 0.15) is 17.6 Å². The van der Waals surface area contributed by atoms with Crippen LogP contribution in [0.15, 0.2) is 54.7 Å². The van der Waals surface area contributed by atoms with Crippen molar-refractivity contribution in [2.45, 2.75) is 20.3 Å². The molecule has 0 unspecified atom stereocenters. The Labute approximate surface area is 158 Å². The van der Waals surface area contributed by atoms with E-state index < -0.39 is 5.91 Å². The number of aromatic nitrogens is 1. The molecule has 2 N–H and O–H groups in total. The number of nitriles is 1. The molecule has 0 saturated heterocycles. The topological polar surface area (TPSA) is 71.8 Å². The molecule has 5 heteroatoms. The van der Waals surface area contributed by atoms with E-state index in [2.05, 4.69) is 19.9 Å². The van der Waals surface area contributed by atoms with Crippen molar-refractivity contribution in [3.8, 4) is 28.3 Å². The van der Waals surface area contributed by atoms with Gasteiger partial charge >= 0.3 is 0 Å². The number of hydrogen-bond donors (Lipinski definition) is 1. The third-order valence-corrected chi connectivity index (χ3v) is 3.89. The summed E-state index contributed by atoms with van der Waals surface area (Å²) in [5.41, 5.74) is 8.46. The molecule has 1 amide bonds. The molecule has 0 spiro atoms. The summed E-state index contributed by atoms with van der Waals surface area (Å²) in [6.07, 6.45) is 2.82. The number of rotatable bonds is 3. The third-order valence-electron chi connectivity index (χ3n) is 3.89. The minimum absolute atomic E-state index is 0.269. The number of benzene rings is 2. The molecule has 3 rings (SSSR count). The predicted molar refractivity (Wildman–Crippen MR) is 105 cm³/mol. The van der Waals surface area contributed by atoms with E-state index in [1.165, 1.54) is 12.5 Å². The molecule has 0 fully saturated rings. The van der Waals surface area contributed by atoms with E-state index in [4.69, 9.17) is 5.73 Å². The Hall–Kier alpha value is -3.39. The first-order valence-electron chi connectivity index (χ1n) is 8.69. The predicted octanol–water partition coefficient (Wildman–Crippen LogP) is 4.89. The van der Waals surface area contributed by atoms with E-state index in [0.717, 1.165) is 0 Å². The highest BCUT2D eigenvalue weighted by atomic mass is 19.1. The van der Waals surface area contributed by atoms with Crippen molar-refractivity contribution in [3.05, 3.63) is 71.8 Å². The summed E-state index contributed by atoms with van der Waals surface area (Å²) in [6.45, 7) is 4.25. The Bertz CT molecular complexity index is 982. The van der Waals surface area contributed by atoms with Gasteiger partial charge in [0.2, 0.25) is 0 Å². The van der Waals surface area contributed by atoms with E-state index in [1.807, 2.05) is 0 Å². The molecular weight excluding hydrogens is 341 g/mol. The maximum Gasteiger partial charge on any atom is 0.266 e. The average molecular weight is 363 g/mol. The lowest BCUT2D eigenvalue weighted by molar-refractivity contribution is 0.0993. The van der Waals surface area contributed by atoms with Gasteiger partial charge in [-0.1, -0.05) is 62.7 Å². The lowest BCUT2D eigenvalue weighted by atomic mass is 9.98. The van der Waals surface area contributed by atoms with E-state index in [9.17, 15) is 14.4 Å². The largest absolute Gasteiger partial charge is 0.364 e. The number of primary amides is 1. The van der Waals surface area contributed by atoms with E-state index in [0.29, 0.717) is 27.8 Å². The molecule has 0 aliphatic rings. The van der Waals surface area contributed by atoms with Crippen LogP contribution in [0.25, 0.3) is 22.3 Å². The van der Waals surface area contributed by atoms with Crippen molar-refractivity contribution in [1.29, 1.82) is 5.26 Å². The van der Waals surface area contributed by atoms with Crippen LogP contribution in [0.5, 0.6) is 0 Å². The molecule has 0 aliphatic carbocycles.